The van der Waals surface area contributed by atoms with Crippen LogP contribution in [0.5, 0.6) is 5.75 Å². The van der Waals surface area contributed by atoms with Crippen LogP contribution in [0.1, 0.15) is 36.8 Å². The van der Waals surface area contributed by atoms with Gasteiger partial charge in [0.15, 0.2) is 0 Å². The first-order chi connectivity index (χ1) is 12.1. The zero-order chi connectivity index (χ0) is 17.4. The molecule has 1 N–H and O–H groups in total. The molecule has 0 amide bonds. The van der Waals surface area contributed by atoms with E-state index in [1.165, 1.54) is 17.7 Å². The molecule has 0 spiro atoms. The zero-order valence-electron chi connectivity index (χ0n) is 14.5. The fourth-order valence-corrected chi connectivity index (χ4v) is 4.63. The minimum Gasteiger partial charge on any atom is -0.496 e. The molecule has 0 aromatic heterocycles. The van der Waals surface area contributed by atoms with E-state index in [-0.39, 0.29) is 5.82 Å². The van der Waals surface area contributed by atoms with Crippen LogP contribution in [-0.2, 0) is 12.1 Å². The topological polar surface area (TPSA) is 32.7 Å². The maximum Gasteiger partial charge on any atom is 0.125 e. The number of halogens is 1. The molecule has 2 heterocycles. The van der Waals surface area contributed by atoms with E-state index in [0.29, 0.717) is 36.2 Å². The summed E-state index contributed by atoms with van der Waals surface area (Å²) in [5.74, 6) is 0.239. The van der Waals surface area contributed by atoms with Gasteiger partial charge in [0.1, 0.15) is 11.6 Å². The number of aliphatic hydroxyl groups is 1. The first-order valence-electron chi connectivity index (χ1n) is 8.95. The Bertz CT molecular complexity index is 735. The SMILES string of the molecule is COc1ccc(F)cc1C1(O)CC2CCC(C1)N2Cc1ccccc1. The number of ether oxygens (including phenoxy) is 1. The molecule has 2 fully saturated rings. The van der Waals surface area contributed by atoms with Crippen LogP contribution in [0.25, 0.3) is 0 Å². The molecule has 2 aliphatic heterocycles. The van der Waals surface area contributed by atoms with Crippen LogP contribution < -0.4 is 4.74 Å². The highest BCUT2D eigenvalue weighted by Crippen LogP contribution is 2.48. The zero-order valence-corrected chi connectivity index (χ0v) is 14.5. The monoisotopic (exact) mass is 341 g/mol. The van der Waals surface area contributed by atoms with Crippen LogP contribution in [-0.4, -0.2) is 29.2 Å². The molecular formula is C21H24FNO2. The first-order valence-corrected chi connectivity index (χ1v) is 8.95. The van der Waals surface area contributed by atoms with E-state index in [4.69, 9.17) is 4.74 Å². The summed E-state index contributed by atoms with van der Waals surface area (Å²) in [5, 5.41) is 11.4. The van der Waals surface area contributed by atoms with Crippen LogP contribution in [0.15, 0.2) is 48.5 Å². The Morgan fingerprint density at radius 2 is 1.80 bits per heavy atom. The number of nitrogens with zero attached hydrogens (tertiary/aromatic N) is 1. The summed E-state index contributed by atoms with van der Waals surface area (Å²) in [6.07, 6.45) is 3.40. The van der Waals surface area contributed by atoms with Crippen molar-refractivity contribution < 1.29 is 14.2 Å². The van der Waals surface area contributed by atoms with Crippen molar-refractivity contribution in [2.45, 2.75) is 49.9 Å². The normalized spacial score (nSPS) is 28.9. The maximum atomic E-state index is 13.8. The van der Waals surface area contributed by atoms with Gasteiger partial charge in [0.25, 0.3) is 0 Å². The molecule has 132 valence electrons. The van der Waals surface area contributed by atoms with Crippen LogP contribution in [0.3, 0.4) is 0 Å². The quantitative estimate of drug-likeness (QED) is 0.917. The highest BCUT2D eigenvalue weighted by atomic mass is 19.1. The Hall–Kier alpha value is -1.91. The molecule has 2 bridgehead atoms. The fraction of sp³-hybridized carbons (Fsp3) is 0.429. The Kier molecular flexibility index (Phi) is 4.26. The van der Waals surface area contributed by atoms with Crippen LogP contribution >= 0.6 is 0 Å². The third-order valence-electron chi connectivity index (χ3n) is 5.79. The first kappa shape index (κ1) is 16.6. The number of rotatable bonds is 4. The average Bonchev–Trinajstić information content (AvgIpc) is 2.86. The van der Waals surface area contributed by atoms with Crippen molar-refractivity contribution in [2.24, 2.45) is 0 Å². The van der Waals surface area contributed by atoms with Gasteiger partial charge >= 0.3 is 0 Å². The lowest BCUT2D eigenvalue weighted by molar-refractivity contribution is -0.0608. The van der Waals surface area contributed by atoms with Gasteiger partial charge in [-0.25, -0.2) is 4.39 Å². The van der Waals surface area contributed by atoms with E-state index in [2.05, 4.69) is 29.2 Å². The van der Waals surface area contributed by atoms with Gasteiger partial charge in [0, 0.05) is 24.2 Å². The molecule has 0 radical (unpaired) electrons. The molecule has 2 aromatic carbocycles. The number of piperidine rings is 1. The van der Waals surface area contributed by atoms with Gasteiger partial charge < -0.3 is 9.84 Å². The molecule has 0 aliphatic carbocycles. The summed E-state index contributed by atoms with van der Waals surface area (Å²) in [5.41, 5.74) is 0.867. The smallest absolute Gasteiger partial charge is 0.125 e. The van der Waals surface area contributed by atoms with Crippen molar-refractivity contribution in [2.75, 3.05) is 7.11 Å². The van der Waals surface area contributed by atoms with Gasteiger partial charge in [0.2, 0.25) is 0 Å². The van der Waals surface area contributed by atoms with E-state index in [1.807, 2.05) is 6.07 Å². The summed E-state index contributed by atoms with van der Waals surface area (Å²) in [7, 11) is 1.57. The van der Waals surface area contributed by atoms with Gasteiger partial charge in [-0.2, -0.15) is 0 Å². The van der Waals surface area contributed by atoms with Gasteiger partial charge in [0.05, 0.1) is 12.7 Å². The lowest BCUT2D eigenvalue weighted by Gasteiger charge is -2.44. The van der Waals surface area contributed by atoms with Gasteiger partial charge in [-0.15, -0.1) is 0 Å². The molecule has 2 saturated heterocycles. The third kappa shape index (κ3) is 3.05. The molecule has 2 aromatic rings. The number of benzene rings is 2. The number of hydrogen-bond acceptors (Lipinski definition) is 3. The molecule has 4 rings (SSSR count). The van der Waals surface area contributed by atoms with E-state index in [0.717, 1.165) is 19.4 Å². The molecule has 0 saturated carbocycles. The van der Waals surface area contributed by atoms with E-state index >= 15 is 0 Å². The Morgan fingerprint density at radius 3 is 2.44 bits per heavy atom. The fourth-order valence-electron chi connectivity index (χ4n) is 4.63. The summed E-state index contributed by atoms with van der Waals surface area (Å²) in [4.78, 5) is 2.51. The van der Waals surface area contributed by atoms with Gasteiger partial charge in [-0.3, -0.25) is 4.90 Å². The average molecular weight is 341 g/mol. The molecule has 2 atom stereocenters. The number of methoxy groups -OCH3 is 1. The lowest BCUT2D eigenvalue weighted by atomic mass is 9.80. The highest BCUT2D eigenvalue weighted by molar-refractivity contribution is 5.39. The van der Waals surface area contributed by atoms with Crippen LogP contribution in [0.2, 0.25) is 0 Å². The summed E-state index contributed by atoms with van der Waals surface area (Å²) in [6.45, 7) is 0.909. The standard InChI is InChI=1S/C21H24FNO2/c1-25-20-10-7-16(22)11-19(20)21(24)12-17-8-9-18(13-21)23(17)14-15-5-3-2-4-6-15/h2-7,10-11,17-18,24H,8-9,12-14H2,1H3. The predicted octanol–water partition coefficient (Wildman–Crippen LogP) is 3.85. The summed E-state index contributed by atoms with van der Waals surface area (Å²) >= 11 is 0. The van der Waals surface area contributed by atoms with Gasteiger partial charge in [-0.1, -0.05) is 30.3 Å². The van der Waals surface area contributed by atoms with Crippen molar-refractivity contribution >= 4 is 0 Å². The number of fused-ring (bicyclic) bond motifs is 2. The summed E-state index contributed by atoms with van der Waals surface area (Å²) in [6, 6.07) is 15.5. The largest absolute Gasteiger partial charge is 0.496 e. The predicted molar refractivity (Wildman–Crippen MR) is 94.9 cm³/mol. The molecule has 2 aliphatic rings. The minimum atomic E-state index is -1.02. The van der Waals surface area contributed by atoms with Crippen molar-refractivity contribution in [1.29, 1.82) is 0 Å². The Morgan fingerprint density at radius 1 is 1.12 bits per heavy atom. The third-order valence-corrected chi connectivity index (χ3v) is 5.79. The second-order valence-corrected chi connectivity index (χ2v) is 7.33. The molecule has 25 heavy (non-hydrogen) atoms. The highest BCUT2D eigenvalue weighted by Gasteiger charge is 2.49. The van der Waals surface area contributed by atoms with Crippen molar-refractivity contribution in [3.8, 4) is 5.75 Å². The van der Waals surface area contributed by atoms with Crippen molar-refractivity contribution in [1.82, 2.24) is 4.90 Å². The Labute approximate surface area is 148 Å². The van der Waals surface area contributed by atoms with Crippen LogP contribution in [0.4, 0.5) is 4.39 Å². The summed E-state index contributed by atoms with van der Waals surface area (Å²) < 4.78 is 19.2. The van der Waals surface area contributed by atoms with E-state index in [1.54, 1.807) is 13.2 Å². The minimum absolute atomic E-state index is 0.317. The van der Waals surface area contributed by atoms with E-state index in [9.17, 15) is 9.50 Å². The maximum absolute atomic E-state index is 13.8. The Balaban J connectivity index is 1.59. The van der Waals surface area contributed by atoms with Crippen molar-refractivity contribution in [3.63, 3.8) is 0 Å². The van der Waals surface area contributed by atoms with Crippen LogP contribution in [0, 0.1) is 5.82 Å². The second kappa shape index (κ2) is 6.43. The molecule has 3 nitrogen and oxygen atoms in total. The van der Waals surface area contributed by atoms with E-state index < -0.39 is 5.60 Å². The molecule has 2 unspecified atom stereocenters. The molecule has 4 heteroatoms. The second-order valence-electron chi connectivity index (χ2n) is 7.33. The van der Waals surface area contributed by atoms with Crippen molar-refractivity contribution in [3.05, 3.63) is 65.5 Å². The lowest BCUT2D eigenvalue weighted by Crippen LogP contribution is -2.49. The molecular weight excluding hydrogens is 317 g/mol. The number of hydrogen-bond donors (Lipinski definition) is 1. The van der Waals surface area contributed by atoms with Gasteiger partial charge in [-0.05, 0) is 49.4 Å².